The number of carbonyl (C=O) groups excluding carboxylic acids is 3. The van der Waals surface area contributed by atoms with Gasteiger partial charge in [0.25, 0.3) is 5.91 Å². The summed E-state index contributed by atoms with van der Waals surface area (Å²) in [5.41, 5.74) is 3.57. The van der Waals surface area contributed by atoms with E-state index in [0.29, 0.717) is 29.8 Å². The highest BCUT2D eigenvalue weighted by atomic mass is 16.4. The summed E-state index contributed by atoms with van der Waals surface area (Å²) in [6.45, 7) is 3.73. The summed E-state index contributed by atoms with van der Waals surface area (Å²) in [7, 11) is 0. The van der Waals surface area contributed by atoms with Gasteiger partial charge < -0.3 is 25.4 Å². The third kappa shape index (κ3) is 5.58. The van der Waals surface area contributed by atoms with Crippen molar-refractivity contribution in [2.75, 3.05) is 28.6 Å². The highest BCUT2D eigenvalue weighted by molar-refractivity contribution is 6.09. The van der Waals surface area contributed by atoms with Gasteiger partial charge in [-0.1, -0.05) is 25.0 Å². The van der Waals surface area contributed by atoms with E-state index in [9.17, 15) is 19.5 Å². The number of aryl methyl sites for hydroxylation is 1. The average molecular weight is 463 g/mol. The Morgan fingerprint density at radius 2 is 1.56 bits per heavy atom. The van der Waals surface area contributed by atoms with Crippen molar-refractivity contribution in [1.82, 2.24) is 0 Å². The summed E-state index contributed by atoms with van der Waals surface area (Å²) in [4.78, 5) is 40.0. The second-order valence-corrected chi connectivity index (χ2v) is 9.41. The minimum absolute atomic E-state index is 0.243. The van der Waals surface area contributed by atoms with Gasteiger partial charge in [0.05, 0.1) is 5.56 Å². The summed E-state index contributed by atoms with van der Waals surface area (Å²) in [6.07, 6.45) is 5.91. The van der Waals surface area contributed by atoms with Crippen molar-refractivity contribution in [1.29, 1.82) is 0 Å². The fourth-order valence-corrected chi connectivity index (χ4v) is 5.09. The van der Waals surface area contributed by atoms with E-state index < -0.39 is 17.8 Å². The van der Waals surface area contributed by atoms with E-state index in [4.69, 9.17) is 0 Å². The zero-order chi connectivity index (χ0) is 24.1. The SMILES string of the molecule is Cc1cccc(NC(=O)c2cc(NC(=O)[C@@H]3CCCC[C@H]3C(=O)[O-])ccc2N2CCCCC2)c1. The number of benzene rings is 2. The number of piperidine rings is 1. The predicted octanol–water partition coefficient (Wildman–Crippen LogP) is 3.73. The molecule has 7 nitrogen and oxygen atoms in total. The lowest BCUT2D eigenvalue weighted by atomic mass is 9.78. The fraction of sp³-hybridized carbons (Fsp3) is 0.444. The molecule has 1 heterocycles. The van der Waals surface area contributed by atoms with E-state index in [1.807, 2.05) is 37.3 Å². The Hall–Kier alpha value is -3.35. The number of carbonyl (C=O) groups is 3. The van der Waals surface area contributed by atoms with Crippen LogP contribution in [0.1, 0.15) is 60.9 Å². The second-order valence-electron chi connectivity index (χ2n) is 9.41. The summed E-state index contributed by atoms with van der Waals surface area (Å²) in [5, 5.41) is 17.4. The van der Waals surface area contributed by atoms with Gasteiger partial charge in [-0.3, -0.25) is 9.59 Å². The topological polar surface area (TPSA) is 102 Å². The molecule has 1 aliphatic carbocycles. The Morgan fingerprint density at radius 3 is 2.26 bits per heavy atom. The van der Waals surface area contributed by atoms with E-state index in [-0.39, 0.29) is 11.8 Å². The first-order valence-corrected chi connectivity index (χ1v) is 12.2. The van der Waals surface area contributed by atoms with Gasteiger partial charge in [-0.25, -0.2) is 0 Å². The molecular weight excluding hydrogens is 430 g/mol. The van der Waals surface area contributed by atoms with Crippen LogP contribution in [0.5, 0.6) is 0 Å². The van der Waals surface area contributed by atoms with Crippen molar-refractivity contribution in [2.45, 2.75) is 51.9 Å². The maximum atomic E-state index is 13.3. The Balaban J connectivity index is 1.59. The lowest BCUT2D eigenvalue weighted by Crippen LogP contribution is -2.42. The van der Waals surface area contributed by atoms with E-state index in [1.165, 1.54) is 6.42 Å². The van der Waals surface area contributed by atoms with Crippen molar-refractivity contribution in [3.8, 4) is 0 Å². The number of aliphatic carboxylic acids is 1. The van der Waals surface area contributed by atoms with Crippen LogP contribution in [0.15, 0.2) is 42.5 Å². The van der Waals surface area contributed by atoms with Crippen LogP contribution in [0.3, 0.4) is 0 Å². The molecule has 1 saturated heterocycles. The molecule has 0 radical (unpaired) electrons. The fourth-order valence-electron chi connectivity index (χ4n) is 5.09. The molecule has 0 aromatic heterocycles. The number of carboxylic acids is 1. The number of rotatable bonds is 6. The molecule has 0 unspecified atom stereocenters. The summed E-state index contributed by atoms with van der Waals surface area (Å²) < 4.78 is 0. The van der Waals surface area contributed by atoms with Gasteiger partial charge in [0.15, 0.2) is 0 Å². The lowest BCUT2D eigenvalue weighted by Gasteiger charge is -2.32. The molecule has 0 bridgehead atoms. The standard InChI is InChI=1S/C27H33N3O4/c1-18-8-7-9-19(16-18)28-26(32)23-17-20(12-13-24(23)30-14-5-2-6-15-30)29-25(31)21-10-3-4-11-22(21)27(33)34/h7-9,12-13,16-17,21-22H,2-6,10-11,14-15H2,1H3,(H,28,32)(H,29,31)(H,33,34)/p-1/t21-,22-/m1/s1. The molecule has 2 aromatic carbocycles. The molecule has 7 heteroatoms. The first kappa shape index (κ1) is 23.8. The monoisotopic (exact) mass is 462 g/mol. The second kappa shape index (κ2) is 10.7. The third-order valence-corrected chi connectivity index (χ3v) is 6.89. The van der Waals surface area contributed by atoms with Gasteiger partial charge in [-0.15, -0.1) is 0 Å². The molecule has 1 aliphatic heterocycles. The van der Waals surface area contributed by atoms with Gasteiger partial charge in [0.2, 0.25) is 5.91 Å². The number of anilines is 3. The van der Waals surface area contributed by atoms with Crippen LogP contribution >= 0.6 is 0 Å². The van der Waals surface area contributed by atoms with Crippen LogP contribution in [0.25, 0.3) is 0 Å². The highest BCUT2D eigenvalue weighted by Gasteiger charge is 2.32. The van der Waals surface area contributed by atoms with Crippen LogP contribution in [0.2, 0.25) is 0 Å². The molecule has 1 saturated carbocycles. The molecule has 2 atom stereocenters. The normalized spacial score (nSPS) is 20.4. The Bertz CT molecular complexity index is 1060. The number of carboxylic acid groups (broad SMARTS) is 1. The first-order valence-electron chi connectivity index (χ1n) is 12.2. The number of hydrogen-bond acceptors (Lipinski definition) is 5. The van der Waals surface area contributed by atoms with Gasteiger partial charge >= 0.3 is 0 Å². The van der Waals surface area contributed by atoms with Crippen LogP contribution < -0.4 is 20.6 Å². The summed E-state index contributed by atoms with van der Waals surface area (Å²) in [5.74, 6) is -3.13. The van der Waals surface area contributed by atoms with Crippen molar-refractivity contribution in [3.63, 3.8) is 0 Å². The van der Waals surface area contributed by atoms with E-state index >= 15 is 0 Å². The molecule has 2 amide bonds. The minimum atomic E-state index is -1.17. The minimum Gasteiger partial charge on any atom is -0.550 e. The van der Waals surface area contributed by atoms with Crippen molar-refractivity contribution >= 4 is 34.8 Å². The Kier molecular flexibility index (Phi) is 7.50. The van der Waals surface area contributed by atoms with Crippen LogP contribution in [-0.2, 0) is 9.59 Å². The molecule has 0 spiro atoms. The number of hydrogen-bond donors (Lipinski definition) is 2. The van der Waals surface area contributed by atoms with Gasteiger partial charge in [0, 0.05) is 48.0 Å². The number of nitrogens with zero attached hydrogens (tertiary/aromatic N) is 1. The third-order valence-electron chi connectivity index (χ3n) is 6.89. The smallest absolute Gasteiger partial charge is 0.257 e. The van der Waals surface area contributed by atoms with Crippen molar-refractivity contribution < 1.29 is 19.5 Å². The van der Waals surface area contributed by atoms with Crippen LogP contribution in [-0.4, -0.2) is 30.9 Å². The van der Waals surface area contributed by atoms with Crippen molar-refractivity contribution in [2.24, 2.45) is 11.8 Å². The maximum absolute atomic E-state index is 13.3. The quantitative estimate of drug-likeness (QED) is 0.681. The number of nitrogens with one attached hydrogen (secondary N) is 2. The van der Waals surface area contributed by atoms with E-state index in [1.54, 1.807) is 12.1 Å². The summed E-state index contributed by atoms with van der Waals surface area (Å²) >= 11 is 0. The highest BCUT2D eigenvalue weighted by Crippen LogP contribution is 2.32. The largest absolute Gasteiger partial charge is 0.550 e. The van der Waals surface area contributed by atoms with Crippen molar-refractivity contribution in [3.05, 3.63) is 53.6 Å². The Labute approximate surface area is 200 Å². The van der Waals surface area contributed by atoms with E-state index in [0.717, 1.165) is 50.0 Å². The molecular formula is C27H32N3O4-. The summed E-state index contributed by atoms with van der Waals surface area (Å²) in [6, 6.07) is 13.0. The number of amides is 2. The molecule has 2 aliphatic rings. The molecule has 34 heavy (non-hydrogen) atoms. The molecule has 2 aromatic rings. The molecule has 2 fully saturated rings. The average Bonchev–Trinajstić information content (AvgIpc) is 2.84. The Morgan fingerprint density at radius 1 is 0.853 bits per heavy atom. The first-order chi connectivity index (χ1) is 16.4. The van der Waals surface area contributed by atoms with Gasteiger partial charge in [0.1, 0.15) is 0 Å². The molecule has 2 N–H and O–H groups in total. The maximum Gasteiger partial charge on any atom is 0.257 e. The van der Waals surface area contributed by atoms with Crippen LogP contribution in [0, 0.1) is 18.8 Å². The predicted molar refractivity (Wildman–Crippen MR) is 131 cm³/mol. The lowest BCUT2D eigenvalue weighted by molar-refractivity contribution is -0.313. The molecule has 4 rings (SSSR count). The molecule has 180 valence electrons. The van der Waals surface area contributed by atoms with Gasteiger partial charge in [-0.05, 0) is 74.9 Å². The van der Waals surface area contributed by atoms with Crippen LogP contribution in [0.4, 0.5) is 17.1 Å². The van der Waals surface area contributed by atoms with E-state index in [2.05, 4.69) is 15.5 Å². The zero-order valence-corrected chi connectivity index (χ0v) is 19.6. The zero-order valence-electron chi connectivity index (χ0n) is 19.6. The van der Waals surface area contributed by atoms with Gasteiger partial charge in [-0.2, -0.15) is 0 Å².